The topological polar surface area (TPSA) is 105 Å². The lowest BCUT2D eigenvalue weighted by Crippen LogP contribution is -2.45. The van der Waals surface area contributed by atoms with Gasteiger partial charge in [0.15, 0.2) is 0 Å². The Morgan fingerprint density at radius 3 is 2.43 bits per heavy atom. The number of aryl methyl sites for hydroxylation is 1. The van der Waals surface area contributed by atoms with Crippen molar-refractivity contribution in [3.63, 3.8) is 0 Å². The van der Waals surface area contributed by atoms with Gasteiger partial charge in [0.2, 0.25) is 15.9 Å². The molecule has 8 nitrogen and oxygen atoms in total. The second kappa shape index (κ2) is 14.9. The minimum absolute atomic E-state index is 0.0468. The van der Waals surface area contributed by atoms with Gasteiger partial charge >= 0.3 is 5.97 Å². The van der Waals surface area contributed by atoms with Crippen LogP contribution in [0.3, 0.4) is 0 Å². The molecule has 234 valence electrons. The van der Waals surface area contributed by atoms with E-state index in [4.69, 9.17) is 27.9 Å². The third-order valence-corrected chi connectivity index (χ3v) is 10.3. The molecule has 2 atom stereocenters. The molecule has 5 rings (SSSR count). The number of nitrogens with zero attached hydrogens (tertiary/aromatic N) is 1. The summed E-state index contributed by atoms with van der Waals surface area (Å²) < 4.78 is 34.3. The Morgan fingerprint density at radius 2 is 1.68 bits per heavy atom. The summed E-state index contributed by atoms with van der Waals surface area (Å²) in [5, 5.41) is 3.28. The molecule has 1 aliphatic carbocycles. The van der Waals surface area contributed by atoms with E-state index in [2.05, 4.69) is 33.1 Å². The molecule has 3 aromatic rings. The van der Waals surface area contributed by atoms with Crippen LogP contribution in [-0.2, 0) is 43.9 Å². The van der Waals surface area contributed by atoms with Crippen LogP contribution in [0.15, 0.2) is 71.6 Å². The summed E-state index contributed by atoms with van der Waals surface area (Å²) in [5.74, 6) is -1.32. The molecule has 1 amide bonds. The molecule has 0 aromatic heterocycles. The lowest BCUT2D eigenvalue weighted by Gasteiger charge is -2.29. The molecule has 1 aliphatic heterocycles. The maximum atomic E-state index is 13.4. The van der Waals surface area contributed by atoms with Crippen LogP contribution in [0.2, 0.25) is 10.0 Å². The fourth-order valence-corrected chi connectivity index (χ4v) is 7.41. The third-order valence-electron chi connectivity index (χ3n) is 8.11. The zero-order valence-corrected chi connectivity index (χ0v) is 26.8. The summed E-state index contributed by atoms with van der Waals surface area (Å²) in [7, 11) is -4.25. The quantitative estimate of drug-likeness (QED) is 0.247. The summed E-state index contributed by atoms with van der Waals surface area (Å²) in [6, 6.07) is 17.6. The molecule has 3 aromatic carbocycles. The van der Waals surface area contributed by atoms with Crippen LogP contribution in [0.1, 0.15) is 66.8 Å². The molecular formula is C33H37Cl2N3O5S. The van der Waals surface area contributed by atoms with Gasteiger partial charge in [0, 0.05) is 6.54 Å². The normalized spacial score (nSPS) is 17.8. The summed E-state index contributed by atoms with van der Waals surface area (Å²) in [6.45, 7) is 3.11. The maximum absolute atomic E-state index is 13.4. The van der Waals surface area contributed by atoms with Gasteiger partial charge in [-0.25, -0.2) is 8.42 Å². The number of fused-ring (bicyclic) bond motifs is 1. The fourth-order valence-electron chi connectivity index (χ4n) is 5.83. The standard InChI is InChI=1S/C33H37Cl2N3O5S/c34-28-15-13-26(19-29(28)35)44(41,42)37-31(33(40)43-22-23-8-3-1-4-9-23)20-32(39)36-30-11-7-10-25-18-24(12-14-27(25)30)21-38-16-5-2-6-17-38/h1,3-4,8-9,12-15,18-19,30-31,37H,2,5-7,10-11,16-17,20-22H2,(H,36,39)/t30-,31-/m1/s1. The molecular weight excluding hydrogens is 621 g/mol. The average molecular weight is 659 g/mol. The second-order valence-corrected chi connectivity index (χ2v) is 14.0. The van der Waals surface area contributed by atoms with Crippen LogP contribution < -0.4 is 10.0 Å². The van der Waals surface area contributed by atoms with Gasteiger partial charge in [0.25, 0.3) is 0 Å². The van der Waals surface area contributed by atoms with Crippen LogP contribution in [0.25, 0.3) is 0 Å². The van der Waals surface area contributed by atoms with Crippen molar-refractivity contribution in [1.29, 1.82) is 0 Å². The van der Waals surface area contributed by atoms with E-state index in [1.54, 1.807) is 24.3 Å². The molecule has 1 heterocycles. The number of sulfonamides is 1. The highest BCUT2D eigenvalue weighted by Gasteiger charge is 2.31. The maximum Gasteiger partial charge on any atom is 0.325 e. The Morgan fingerprint density at radius 1 is 0.909 bits per heavy atom. The number of rotatable bonds is 11. The summed E-state index contributed by atoms with van der Waals surface area (Å²) >= 11 is 12.0. The number of esters is 1. The molecule has 1 fully saturated rings. The van der Waals surface area contributed by atoms with Crippen molar-refractivity contribution in [2.45, 2.75) is 75.1 Å². The first-order valence-corrected chi connectivity index (χ1v) is 17.2. The minimum Gasteiger partial charge on any atom is -0.460 e. The van der Waals surface area contributed by atoms with Crippen molar-refractivity contribution in [1.82, 2.24) is 14.9 Å². The van der Waals surface area contributed by atoms with E-state index < -0.39 is 34.4 Å². The number of nitrogens with one attached hydrogen (secondary N) is 2. The number of hydrogen-bond donors (Lipinski definition) is 2. The Labute approximate surface area is 269 Å². The first-order chi connectivity index (χ1) is 21.2. The molecule has 0 unspecified atom stereocenters. The van der Waals surface area contributed by atoms with Crippen LogP contribution in [0.5, 0.6) is 0 Å². The number of amides is 1. The van der Waals surface area contributed by atoms with Gasteiger partial charge in [-0.1, -0.05) is 78.2 Å². The molecule has 2 aliphatic rings. The Bertz CT molecular complexity index is 1580. The van der Waals surface area contributed by atoms with E-state index in [0.29, 0.717) is 0 Å². The highest BCUT2D eigenvalue weighted by atomic mass is 35.5. The largest absolute Gasteiger partial charge is 0.460 e. The fraction of sp³-hybridized carbons (Fsp3) is 0.394. The van der Waals surface area contributed by atoms with Gasteiger partial charge in [0.1, 0.15) is 12.6 Å². The van der Waals surface area contributed by atoms with Gasteiger partial charge in [-0.15, -0.1) is 0 Å². The van der Waals surface area contributed by atoms with E-state index in [9.17, 15) is 18.0 Å². The third kappa shape index (κ3) is 8.61. The summed E-state index contributed by atoms with van der Waals surface area (Å²) in [5.41, 5.74) is 4.28. The Hall–Kier alpha value is -2.95. The summed E-state index contributed by atoms with van der Waals surface area (Å²) in [6.07, 6.45) is 5.94. The van der Waals surface area contributed by atoms with E-state index in [0.717, 1.165) is 50.0 Å². The lowest BCUT2D eigenvalue weighted by atomic mass is 9.86. The minimum atomic E-state index is -4.25. The number of hydrogen-bond acceptors (Lipinski definition) is 6. The number of halogens is 2. The zero-order valence-electron chi connectivity index (χ0n) is 24.4. The number of likely N-dealkylation sites (tertiary alicyclic amines) is 1. The number of carbonyl (C=O) groups is 2. The Kier molecular flexibility index (Phi) is 11.0. The number of carbonyl (C=O) groups excluding carboxylic acids is 2. The first-order valence-electron chi connectivity index (χ1n) is 15.0. The molecule has 44 heavy (non-hydrogen) atoms. The SMILES string of the molecule is O=C(C[C@@H](NS(=O)(=O)c1ccc(Cl)c(Cl)c1)C(=O)OCc1ccccc1)N[C@@H]1CCCc2cc(CN3CCCCC3)ccc21. The molecule has 1 saturated heterocycles. The van der Waals surface area contributed by atoms with Crippen molar-refractivity contribution in [2.75, 3.05) is 13.1 Å². The smallest absolute Gasteiger partial charge is 0.325 e. The molecule has 0 radical (unpaired) electrons. The average Bonchev–Trinajstić information content (AvgIpc) is 3.01. The first kappa shape index (κ1) is 32.4. The van der Waals surface area contributed by atoms with Crippen LogP contribution >= 0.6 is 23.2 Å². The number of piperidine rings is 1. The van der Waals surface area contributed by atoms with Gasteiger partial charge < -0.3 is 10.1 Å². The Balaban J connectivity index is 1.28. The van der Waals surface area contributed by atoms with E-state index in [-0.39, 0.29) is 27.6 Å². The van der Waals surface area contributed by atoms with Gasteiger partial charge in [-0.3, -0.25) is 14.5 Å². The van der Waals surface area contributed by atoms with Crippen LogP contribution in [0.4, 0.5) is 0 Å². The van der Waals surface area contributed by atoms with Crippen molar-refractivity contribution in [2.24, 2.45) is 0 Å². The zero-order chi connectivity index (χ0) is 31.1. The van der Waals surface area contributed by atoms with Crippen LogP contribution in [0, 0.1) is 0 Å². The van der Waals surface area contributed by atoms with Crippen molar-refractivity contribution < 1.29 is 22.7 Å². The molecule has 0 bridgehead atoms. The van der Waals surface area contributed by atoms with E-state index >= 15 is 0 Å². The summed E-state index contributed by atoms with van der Waals surface area (Å²) in [4.78, 5) is 28.9. The number of ether oxygens (including phenoxy) is 1. The van der Waals surface area contributed by atoms with E-state index in [1.807, 2.05) is 6.07 Å². The van der Waals surface area contributed by atoms with Crippen molar-refractivity contribution >= 4 is 45.1 Å². The van der Waals surface area contributed by atoms with Gasteiger partial charge in [-0.05, 0) is 85.6 Å². The molecule has 0 saturated carbocycles. The number of benzene rings is 3. The highest BCUT2D eigenvalue weighted by molar-refractivity contribution is 7.89. The lowest BCUT2D eigenvalue weighted by molar-refractivity contribution is -0.148. The molecule has 2 N–H and O–H groups in total. The van der Waals surface area contributed by atoms with Crippen molar-refractivity contribution in [3.8, 4) is 0 Å². The predicted molar refractivity (Wildman–Crippen MR) is 171 cm³/mol. The highest BCUT2D eigenvalue weighted by Crippen LogP contribution is 2.31. The molecule has 0 spiro atoms. The van der Waals surface area contributed by atoms with Gasteiger partial charge in [0.05, 0.1) is 27.4 Å². The molecule has 11 heteroatoms. The van der Waals surface area contributed by atoms with Crippen LogP contribution in [-0.4, -0.2) is 44.3 Å². The second-order valence-electron chi connectivity index (χ2n) is 11.4. The van der Waals surface area contributed by atoms with Crippen molar-refractivity contribution in [3.05, 3.63) is 99.0 Å². The van der Waals surface area contributed by atoms with E-state index in [1.165, 1.54) is 48.6 Å². The van der Waals surface area contributed by atoms with Gasteiger partial charge in [-0.2, -0.15) is 4.72 Å². The predicted octanol–water partition coefficient (Wildman–Crippen LogP) is 5.95. The monoisotopic (exact) mass is 657 g/mol.